The second kappa shape index (κ2) is 9.10. The van der Waals surface area contributed by atoms with Gasteiger partial charge >= 0.3 is 0 Å². The monoisotopic (exact) mass is 342 g/mol. The van der Waals surface area contributed by atoms with E-state index in [0.29, 0.717) is 19.8 Å². The summed E-state index contributed by atoms with van der Waals surface area (Å²) in [5.74, 6) is 0. The average molecular weight is 343 g/mol. The fourth-order valence-electron chi connectivity index (χ4n) is 2.10. The summed E-state index contributed by atoms with van der Waals surface area (Å²) in [6.45, 7) is 17.5. The van der Waals surface area contributed by atoms with Gasteiger partial charge in [0, 0.05) is 19.7 Å². The number of hydrogen-bond acceptors (Lipinski definition) is 5. The van der Waals surface area contributed by atoms with Gasteiger partial charge in [0.1, 0.15) is 0 Å². The number of hydrogen-bond donors (Lipinski definition) is 2. The van der Waals surface area contributed by atoms with Crippen LogP contribution in [0.4, 0.5) is 0 Å². The van der Waals surface area contributed by atoms with Crippen LogP contribution in [-0.2, 0) is 14.0 Å². The Morgan fingerprint density at radius 3 is 2.70 bits per heavy atom. The van der Waals surface area contributed by atoms with Crippen LogP contribution in [-0.4, -0.2) is 53.9 Å². The molecule has 0 aromatic heterocycles. The van der Waals surface area contributed by atoms with Crippen molar-refractivity contribution in [1.82, 2.24) is 10.8 Å². The molecule has 0 bridgehead atoms. The SMILES string of the molecule is C=CCON[C@@H]1CNC(CO[Si](C)(C)C(C)(C)C)C=C1COC. The van der Waals surface area contributed by atoms with Crippen LogP contribution in [0.15, 0.2) is 24.3 Å². The molecule has 0 radical (unpaired) electrons. The van der Waals surface area contributed by atoms with Gasteiger partial charge in [-0.05, 0) is 23.7 Å². The first kappa shape index (κ1) is 20.5. The molecule has 1 unspecified atom stereocenters. The van der Waals surface area contributed by atoms with Gasteiger partial charge in [0.15, 0.2) is 8.32 Å². The quantitative estimate of drug-likeness (QED) is 0.292. The molecule has 1 heterocycles. The van der Waals surface area contributed by atoms with Gasteiger partial charge in [-0.2, -0.15) is 5.48 Å². The van der Waals surface area contributed by atoms with E-state index in [-0.39, 0.29) is 17.1 Å². The fourth-order valence-corrected chi connectivity index (χ4v) is 3.13. The topological polar surface area (TPSA) is 51.8 Å². The van der Waals surface area contributed by atoms with E-state index in [1.165, 1.54) is 5.57 Å². The lowest BCUT2D eigenvalue weighted by Crippen LogP contribution is -2.51. The molecule has 0 amide bonds. The lowest BCUT2D eigenvalue weighted by Gasteiger charge is -2.38. The van der Waals surface area contributed by atoms with Gasteiger partial charge < -0.3 is 14.5 Å². The summed E-state index contributed by atoms with van der Waals surface area (Å²) in [6.07, 6.45) is 3.92. The predicted molar refractivity (Wildman–Crippen MR) is 98.0 cm³/mol. The second-order valence-electron chi connectivity index (χ2n) is 7.53. The highest BCUT2D eigenvalue weighted by atomic mass is 28.4. The van der Waals surface area contributed by atoms with Crippen LogP contribution in [0.3, 0.4) is 0 Å². The van der Waals surface area contributed by atoms with Crippen LogP contribution in [0.25, 0.3) is 0 Å². The van der Waals surface area contributed by atoms with Gasteiger partial charge in [0.2, 0.25) is 0 Å². The number of rotatable bonds is 9. The molecule has 0 spiro atoms. The summed E-state index contributed by atoms with van der Waals surface area (Å²) >= 11 is 0. The molecular weight excluding hydrogens is 308 g/mol. The Morgan fingerprint density at radius 2 is 2.13 bits per heavy atom. The Kier molecular flexibility index (Phi) is 8.13. The van der Waals surface area contributed by atoms with E-state index < -0.39 is 8.32 Å². The van der Waals surface area contributed by atoms with Crippen molar-refractivity contribution in [2.45, 2.75) is 51.0 Å². The third kappa shape index (κ3) is 6.49. The minimum Gasteiger partial charge on any atom is -0.415 e. The Hall–Kier alpha value is -0.503. The van der Waals surface area contributed by atoms with Crippen LogP contribution in [0.2, 0.25) is 18.1 Å². The Labute approximate surface area is 142 Å². The summed E-state index contributed by atoms with van der Waals surface area (Å²) in [5, 5.41) is 3.73. The molecule has 0 saturated heterocycles. The Balaban J connectivity index is 2.63. The van der Waals surface area contributed by atoms with E-state index in [0.717, 1.165) is 6.54 Å². The predicted octanol–water partition coefficient (Wildman–Crippen LogP) is 2.63. The molecule has 134 valence electrons. The number of ether oxygens (including phenoxy) is 1. The van der Waals surface area contributed by atoms with Crippen LogP contribution in [0.1, 0.15) is 20.8 Å². The Morgan fingerprint density at radius 1 is 1.43 bits per heavy atom. The molecule has 1 aliphatic heterocycles. The molecule has 2 atom stereocenters. The van der Waals surface area contributed by atoms with E-state index in [1.54, 1.807) is 13.2 Å². The van der Waals surface area contributed by atoms with Crippen LogP contribution >= 0.6 is 0 Å². The molecule has 0 aliphatic carbocycles. The van der Waals surface area contributed by atoms with E-state index in [2.05, 4.69) is 57.3 Å². The summed E-state index contributed by atoms with van der Waals surface area (Å²) in [4.78, 5) is 5.36. The molecule has 6 heteroatoms. The summed E-state index contributed by atoms with van der Waals surface area (Å²) in [7, 11) is -0.0102. The standard InChI is InChI=1S/C17H34N2O3Si/c1-8-9-21-19-16-11-18-15(10-14(16)12-20-5)13-22-23(6,7)17(2,3)4/h8,10,15-16,18-19H,1,9,11-13H2,2-7H3/t15?,16-/m1/s1. The third-order valence-corrected chi connectivity index (χ3v) is 9.12. The average Bonchev–Trinajstić information content (AvgIpc) is 2.46. The largest absolute Gasteiger partial charge is 0.415 e. The lowest BCUT2D eigenvalue weighted by molar-refractivity contribution is 0.0372. The second-order valence-corrected chi connectivity index (χ2v) is 12.3. The maximum atomic E-state index is 6.32. The van der Waals surface area contributed by atoms with E-state index in [9.17, 15) is 0 Å². The number of nitrogens with one attached hydrogen (secondary N) is 2. The van der Waals surface area contributed by atoms with Crippen molar-refractivity contribution in [2.24, 2.45) is 0 Å². The molecule has 0 aromatic carbocycles. The zero-order valence-corrected chi connectivity index (χ0v) is 16.6. The van der Waals surface area contributed by atoms with Gasteiger partial charge in [-0.1, -0.05) is 32.9 Å². The highest BCUT2D eigenvalue weighted by Gasteiger charge is 2.37. The smallest absolute Gasteiger partial charge is 0.192 e. The van der Waals surface area contributed by atoms with Crippen molar-refractivity contribution in [3.63, 3.8) is 0 Å². The molecule has 1 rings (SSSR count). The van der Waals surface area contributed by atoms with Gasteiger partial charge in [-0.3, -0.25) is 4.84 Å². The first-order chi connectivity index (χ1) is 10.7. The first-order valence-electron chi connectivity index (χ1n) is 8.26. The normalized spacial score (nSPS) is 22.8. The summed E-state index contributed by atoms with van der Waals surface area (Å²) in [6, 6.07) is 0.325. The zero-order chi connectivity index (χ0) is 17.5. The highest BCUT2D eigenvalue weighted by molar-refractivity contribution is 6.74. The van der Waals surface area contributed by atoms with Crippen molar-refractivity contribution >= 4 is 8.32 Å². The molecule has 1 aliphatic rings. The number of hydroxylamine groups is 1. The van der Waals surface area contributed by atoms with Crippen LogP contribution < -0.4 is 10.8 Å². The minimum atomic E-state index is -1.72. The van der Waals surface area contributed by atoms with Gasteiger partial charge in [0.25, 0.3) is 0 Å². The Bertz CT molecular complexity index is 405. The van der Waals surface area contributed by atoms with E-state index in [1.807, 2.05) is 0 Å². The molecular formula is C17H34N2O3Si. The lowest BCUT2D eigenvalue weighted by atomic mass is 10.0. The summed E-state index contributed by atoms with van der Waals surface area (Å²) in [5.41, 5.74) is 4.25. The fraction of sp³-hybridized carbons (Fsp3) is 0.765. The molecule has 2 N–H and O–H groups in total. The van der Waals surface area contributed by atoms with Crippen molar-refractivity contribution in [3.05, 3.63) is 24.3 Å². The maximum Gasteiger partial charge on any atom is 0.192 e. The maximum absolute atomic E-state index is 6.32. The summed E-state index contributed by atoms with van der Waals surface area (Å²) < 4.78 is 11.6. The number of methoxy groups -OCH3 is 1. The first-order valence-corrected chi connectivity index (χ1v) is 11.2. The molecule has 0 aromatic rings. The molecule has 23 heavy (non-hydrogen) atoms. The van der Waals surface area contributed by atoms with Crippen LogP contribution in [0.5, 0.6) is 0 Å². The van der Waals surface area contributed by atoms with Gasteiger partial charge in [-0.15, -0.1) is 6.58 Å². The van der Waals surface area contributed by atoms with Crippen molar-refractivity contribution in [2.75, 3.05) is 33.5 Å². The van der Waals surface area contributed by atoms with Crippen molar-refractivity contribution in [3.8, 4) is 0 Å². The zero-order valence-electron chi connectivity index (χ0n) is 15.6. The highest BCUT2D eigenvalue weighted by Crippen LogP contribution is 2.36. The van der Waals surface area contributed by atoms with E-state index >= 15 is 0 Å². The van der Waals surface area contributed by atoms with Crippen molar-refractivity contribution in [1.29, 1.82) is 0 Å². The molecule has 0 fully saturated rings. The molecule has 0 saturated carbocycles. The van der Waals surface area contributed by atoms with E-state index in [4.69, 9.17) is 14.0 Å². The third-order valence-electron chi connectivity index (χ3n) is 4.61. The van der Waals surface area contributed by atoms with Crippen molar-refractivity contribution < 1.29 is 14.0 Å². The van der Waals surface area contributed by atoms with Crippen LogP contribution in [0, 0.1) is 0 Å². The van der Waals surface area contributed by atoms with Gasteiger partial charge in [-0.25, -0.2) is 0 Å². The van der Waals surface area contributed by atoms with Gasteiger partial charge in [0.05, 0.1) is 25.9 Å². The molecule has 5 nitrogen and oxygen atoms in total. The minimum absolute atomic E-state index is 0.110.